The lowest BCUT2D eigenvalue weighted by atomic mass is 9.80. The molecule has 0 bridgehead atoms. The van der Waals surface area contributed by atoms with Crippen molar-refractivity contribution in [1.29, 1.82) is 0 Å². The fourth-order valence-corrected chi connectivity index (χ4v) is 2.70. The van der Waals surface area contributed by atoms with E-state index in [0.717, 1.165) is 11.3 Å². The summed E-state index contributed by atoms with van der Waals surface area (Å²) < 4.78 is 0. The molecule has 0 aliphatic carbocycles. The quantitative estimate of drug-likeness (QED) is 0.650. The van der Waals surface area contributed by atoms with Gasteiger partial charge in [-0.1, -0.05) is 42.5 Å². The van der Waals surface area contributed by atoms with Crippen LogP contribution in [0.1, 0.15) is 11.1 Å². The van der Waals surface area contributed by atoms with Gasteiger partial charge in [0.15, 0.2) is 0 Å². The maximum Gasteiger partial charge on any atom is 0.488 e. The number of thioether (sulfide) groups is 1. The van der Waals surface area contributed by atoms with E-state index in [0.29, 0.717) is 5.46 Å². The molecule has 0 radical (unpaired) electrons. The second kappa shape index (κ2) is 6.09. The number of hydrogen-bond donors (Lipinski definition) is 2. The third-order valence-corrected chi connectivity index (χ3v) is 3.98. The highest BCUT2D eigenvalue weighted by atomic mass is 32.2. The Morgan fingerprint density at radius 2 is 1.83 bits per heavy atom. The van der Waals surface area contributed by atoms with Gasteiger partial charge < -0.3 is 10.0 Å². The van der Waals surface area contributed by atoms with E-state index in [2.05, 4.69) is 19.1 Å². The first-order valence-corrected chi connectivity index (χ1v) is 6.79. The molecule has 0 amide bonds. The smallest absolute Gasteiger partial charge is 0.423 e. The highest BCUT2D eigenvalue weighted by Crippen LogP contribution is 2.25. The van der Waals surface area contributed by atoms with Crippen molar-refractivity contribution in [2.45, 2.75) is 17.6 Å². The molecule has 0 spiro atoms. The minimum atomic E-state index is -1.39. The van der Waals surface area contributed by atoms with Crippen molar-refractivity contribution in [2.75, 3.05) is 0 Å². The van der Waals surface area contributed by atoms with Crippen LogP contribution in [0.25, 0.3) is 0 Å². The van der Waals surface area contributed by atoms with Gasteiger partial charge in [0.25, 0.3) is 0 Å². The summed E-state index contributed by atoms with van der Waals surface area (Å²) in [6.45, 7) is 2.09. The van der Waals surface area contributed by atoms with E-state index in [4.69, 9.17) is 10.0 Å². The molecule has 4 heteroatoms. The second-order valence-corrected chi connectivity index (χ2v) is 5.19. The SMILES string of the molecule is Cc1ccccc1SCc1cccc(B(O)O)c1. The van der Waals surface area contributed by atoms with Crippen LogP contribution in [-0.4, -0.2) is 17.2 Å². The molecule has 2 nitrogen and oxygen atoms in total. The third kappa shape index (κ3) is 3.39. The molecular formula is C14H15BO2S. The molecule has 92 valence electrons. The van der Waals surface area contributed by atoms with Crippen LogP contribution in [0.4, 0.5) is 0 Å². The van der Waals surface area contributed by atoms with Crippen molar-refractivity contribution in [3.63, 3.8) is 0 Å². The summed E-state index contributed by atoms with van der Waals surface area (Å²) in [5.74, 6) is 0.825. The van der Waals surface area contributed by atoms with Crippen LogP contribution in [0.2, 0.25) is 0 Å². The van der Waals surface area contributed by atoms with Crippen LogP contribution in [0.5, 0.6) is 0 Å². The van der Waals surface area contributed by atoms with Gasteiger partial charge in [-0.15, -0.1) is 11.8 Å². The summed E-state index contributed by atoms with van der Waals surface area (Å²) >= 11 is 1.76. The molecule has 0 fully saturated rings. The Bertz CT molecular complexity index is 529. The van der Waals surface area contributed by atoms with Crippen molar-refractivity contribution < 1.29 is 10.0 Å². The molecule has 0 atom stereocenters. The predicted molar refractivity (Wildman–Crippen MR) is 77.0 cm³/mol. The summed E-state index contributed by atoms with van der Waals surface area (Å²) in [6, 6.07) is 15.6. The summed E-state index contributed by atoms with van der Waals surface area (Å²) in [5.41, 5.74) is 2.90. The highest BCUT2D eigenvalue weighted by molar-refractivity contribution is 7.98. The molecule has 0 saturated heterocycles. The van der Waals surface area contributed by atoms with E-state index in [1.165, 1.54) is 10.5 Å². The molecule has 2 N–H and O–H groups in total. The first kappa shape index (κ1) is 13.2. The molecule has 0 saturated carbocycles. The normalized spacial score (nSPS) is 10.4. The largest absolute Gasteiger partial charge is 0.488 e. The number of hydrogen-bond acceptors (Lipinski definition) is 3. The van der Waals surface area contributed by atoms with Crippen molar-refractivity contribution in [3.05, 3.63) is 59.7 Å². The summed E-state index contributed by atoms with van der Waals surface area (Å²) in [7, 11) is -1.39. The van der Waals surface area contributed by atoms with Gasteiger partial charge in [-0.25, -0.2) is 0 Å². The molecule has 0 aliphatic rings. The predicted octanol–water partition coefficient (Wildman–Crippen LogP) is 1.97. The standard InChI is InChI=1S/C14H15BO2S/c1-11-5-2-3-8-14(11)18-10-12-6-4-7-13(9-12)15(16)17/h2-9,16-17H,10H2,1H3. The van der Waals surface area contributed by atoms with Crippen molar-refractivity contribution >= 4 is 24.3 Å². The van der Waals surface area contributed by atoms with Gasteiger partial charge in [0.1, 0.15) is 0 Å². The first-order valence-electron chi connectivity index (χ1n) is 5.80. The monoisotopic (exact) mass is 258 g/mol. The van der Waals surface area contributed by atoms with Crippen LogP contribution < -0.4 is 5.46 Å². The topological polar surface area (TPSA) is 40.5 Å². The van der Waals surface area contributed by atoms with Gasteiger partial charge >= 0.3 is 7.12 Å². The zero-order valence-electron chi connectivity index (χ0n) is 10.2. The molecule has 2 aromatic carbocycles. The van der Waals surface area contributed by atoms with E-state index in [-0.39, 0.29) is 0 Å². The van der Waals surface area contributed by atoms with Gasteiger partial charge in [0.05, 0.1) is 0 Å². The summed E-state index contributed by atoms with van der Waals surface area (Å²) in [6.07, 6.45) is 0. The van der Waals surface area contributed by atoms with E-state index in [1.807, 2.05) is 30.3 Å². The van der Waals surface area contributed by atoms with Crippen molar-refractivity contribution in [2.24, 2.45) is 0 Å². The van der Waals surface area contributed by atoms with E-state index in [9.17, 15) is 0 Å². The van der Waals surface area contributed by atoms with Gasteiger partial charge in [0, 0.05) is 10.6 Å². The minimum Gasteiger partial charge on any atom is -0.423 e. The van der Waals surface area contributed by atoms with Crippen LogP contribution in [0.3, 0.4) is 0 Å². The van der Waals surface area contributed by atoms with Gasteiger partial charge in [-0.3, -0.25) is 0 Å². The van der Waals surface area contributed by atoms with Crippen molar-refractivity contribution in [3.8, 4) is 0 Å². The maximum atomic E-state index is 9.13. The Hall–Kier alpha value is -1.23. The van der Waals surface area contributed by atoms with Crippen LogP contribution in [-0.2, 0) is 5.75 Å². The minimum absolute atomic E-state index is 0.540. The van der Waals surface area contributed by atoms with Crippen LogP contribution in [0.15, 0.2) is 53.4 Å². The Labute approximate surface area is 112 Å². The van der Waals surface area contributed by atoms with E-state index < -0.39 is 7.12 Å². The van der Waals surface area contributed by atoms with Crippen LogP contribution in [0, 0.1) is 6.92 Å². The number of aryl methyl sites for hydroxylation is 1. The number of rotatable bonds is 4. The molecule has 18 heavy (non-hydrogen) atoms. The Kier molecular flexibility index (Phi) is 4.47. The van der Waals surface area contributed by atoms with Gasteiger partial charge in [-0.05, 0) is 29.6 Å². The second-order valence-electron chi connectivity index (χ2n) is 4.17. The average Bonchev–Trinajstić information content (AvgIpc) is 2.38. The molecule has 0 aromatic heterocycles. The van der Waals surface area contributed by atoms with Crippen molar-refractivity contribution in [1.82, 2.24) is 0 Å². The van der Waals surface area contributed by atoms with Crippen LogP contribution >= 0.6 is 11.8 Å². The highest BCUT2D eigenvalue weighted by Gasteiger charge is 2.10. The zero-order valence-corrected chi connectivity index (χ0v) is 11.0. The molecular weight excluding hydrogens is 243 g/mol. The summed E-state index contributed by atoms with van der Waals surface area (Å²) in [5, 5.41) is 18.3. The Morgan fingerprint density at radius 1 is 1.06 bits per heavy atom. The molecule has 0 aliphatic heterocycles. The number of benzene rings is 2. The molecule has 2 aromatic rings. The molecule has 2 rings (SSSR count). The first-order chi connectivity index (χ1) is 8.66. The molecule has 0 unspecified atom stereocenters. The lowest BCUT2D eigenvalue weighted by Crippen LogP contribution is -2.29. The lowest BCUT2D eigenvalue weighted by Gasteiger charge is -2.06. The average molecular weight is 258 g/mol. The Balaban J connectivity index is 2.07. The third-order valence-electron chi connectivity index (χ3n) is 2.74. The van der Waals surface area contributed by atoms with E-state index in [1.54, 1.807) is 17.8 Å². The summed E-state index contributed by atoms with van der Waals surface area (Å²) in [4.78, 5) is 1.26. The maximum absolute atomic E-state index is 9.13. The fourth-order valence-electron chi connectivity index (χ4n) is 1.72. The van der Waals surface area contributed by atoms with Gasteiger partial charge in [0.2, 0.25) is 0 Å². The molecule has 0 heterocycles. The zero-order chi connectivity index (χ0) is 13.0. The van der Waals surface area contributed by atoms with Gasteiger partial charge in [-0.2, -0.15) is 0 Å². The lowest BCUT2D eigenvalue weighted by molar-refractivity contribution is 0.425. The van der Waals surface area contributed by atoms with E-state index >= 15 is 0 Å². The fraction of sp³-hybridized carbons (Fsp3) is 0.143. The Morgan fingerprint density at radius 3 is 2.56 bits per heavy atom.